The molecule has 6 nitrogen and oxygen atoms in total. The highest BCUT2D eigenvalue weighted by Gasteiger charge is 2.15. The molecule has 0 saturated carbocycles. The molecule has 2 N–H and O–H groups in total. The maximum absolute atomic E-state index is 12.3. The fourth-order valence-corrected chi connectivity index (χ4v) is 3.72. The number of amides is 1. The summed E-state index contributed by atoms with van der Waals surface area (Å²) in [6.45, 7) is 4.66. The van der Waals surface area contributed by atoms with Crippen molar-refractivity contribution >= 4 is 21.6 Å². The van der Waals surface area contributed by atoms with Crippen molar-refractivity contribution in [2.24, 2.45) is 0 Å². The van der Waals surface area contributed by atoms with E-state index in [1.54, 1.807) is 12.1 Å². The lowest BCUT2D eigenvalue weighted by Gasteiger charge is -2.19. The summed E-state index contributed by atoms with van der Waals surface area (Å²) >= 11 is 0. The average Bonchev–Trinajstić information content (AvgIpc) is 2.76. The Balaban J connectivity index is 1.86. The Bertz CT molecular complexity index is 606. The number of benzene rings is 1. The number of hydrogen-bond acceptors (Lipinski definition) is 4. The molecule has 1 aliphatic heterocycles. The van der Waals surface area contributed by atoms with Crippen LogP contribution < -0.4 is 10.0 Å². The van der Waals surface area contributed by atoms with Gasteiger partial charge in [0.1, 0.15) is 0 Å². The molecule has 0 bridgehead atoms. The van der Waals surface area contributed by atoms with Crippen molar-refractivity contribution in [2.45, 2.75) is 37.5 Å². The van der Waals surface area contributed by atoms with Crippen LogP contribution in [0.5, 0.6) is 0 Å². The summed E-state index contributed by atoms with van der Waals surface area (Å²) in [5.74, 6) is -0.184. The second kappa shape index (κ2) is 8.42. The third-order valence-electron chi connectivity index (χ3n) is 3.90. The van der Waals surface area contributed by atoms with Crippen LogP contribution in [0.2, 0.25) is 0 Å². The molecule has 7 heteroatoms. The van der Waals surface area contributed by atoms with Crippen molar-refractivity contribution in [1.29, 1.82) is 0 Å². The molecule has 1 fully saturated rings. The van der Waals surface area contributed by atoms with Gasteiger partial charge < -0.3 is 10.2 Å². The van der Waals surface area contributed by atoms with E-state index < -0.39 is 10.0 Å². The van der Waals surface area contributed by atoms with Crippen LogP contribution in [0.25, 0.3) is 0 Å². The highest BCUT2D eigenvalue weighted by atomic mass is 32.2. The van der Waals surface area contributed by atoms with Crippen LogP contribution in [0, 0.1) is 0 Å². The van der Waals surface area contributed by atoms with Gasteiger partial charge in [-0.25, -0.2) is 13.1 Å². The minimum Gasteiger partial charge on any atom is -0.326 e. The van der Waals surface area contributed by atoms with Crippen molar-refractivity contribution in [3.05, 3.63) is 24.3 Å². The van der Waals surface area contributed by atoms with Crippen molar-refractivity contribution in [3.8, 4) is 0 Å². The first-order valence-electron chi connectivity index (χ1n) is 8.07. The van der Waals surface area contributed by atoms with Gasteiger partial charge in [-0.3, -0.25) is 4.79 Å². The molecule has 1 aromatic carbocycles. The molecule has 2 rings (SSSR count). The molecule has 1 aromatic rings. The van der Waals surface area contributed by atoms with E-state index in [0.29, 0.717) is 12.2 Å². The molecular weight excluding hydrogens is 314 g/mol. The Morgan fingerprint density at radius 3 is 2.26 bits per heavy atom. The summed E-state index contributed by atoms with van der Waals surface area (Å²) in [5, 5.41) is 2.61. The van der Waals surface area contributed by atoms with Crippen LogP contribution in [0.15, 0.2) is 29.2 Å². The number of carbonyl (C=O) groups is 1. The molecule has 0 unspecified atom stereocenters. The van der Waals surface area contributed by atoms with Gasteiger partial charge >= 0.3 is 0 Å². The van der Waals surface area contributed by atoms with E-state index in [9.17, 15) is 13.2 Å². The minimum absolute atomic E-state index is 0.184. The van der Waals surface area contributed by atoms with Gasteiger partial charge in [0.25, 0.3) is 0 Å². The van der Waals surface area contributed by atoms with Crippen molar-refractivity contribution < 1.29 is 13.2 Å². The van der Waals surface area contributed by atoms with E-state index in [4.69, 9.17) is 0 Å². The Morgan fingerprint density at radius 1 is 1.09 bits per heavy atom. The second-order valence-corrected chi connectivity index (χ2v) is 7.63. The van der Waals surface area contributed by atoms with Crippen LogP contribution in [0.4, 0.5) is 5.69 Å². The molecule has 128 valence electrons. The number of carbonyl (C=O) groups excluding carboxylic acids is 1. The number of hydrogen-bond donors (Lipinski definition) is 2. The number of nitrogens with zero attached hydrogens (tertiary/aromatic N) is 1. The number of anilines is 1. The molecular formula is C16H25N3O3S. The van der Waals surface area contributed by atoms with Gasteiger partial charge in [-0.1, -0.05) is 12.8 Å². The lowest BCUT2D eigenvalue weighted by Crippen LogP contribution is -2.35. The van der Waals surface area contributed by atoms with Gasteiger partial charge in [-0.15, -0.1) is 0 Å². The molecule has 0 radical (unpaired) electrons. The first-order chi connectivity index (χ1) is 11.0. The lowest BCUT2D eigenvalue weighted by molar-refractivity contribution is -0.114. The normalized spacial score (nSPS) is 16.7. The topological polar surface area (TPSA) is 78.5 Å². The van der Waals surface area contributed by atoms with Gasteiger partial charge in [0.05, 0.1) is 4.90 Å². The zero-order valence-corrected chi connectivity index (χ0v) is 14.4. The Kier molecular flexibility index (Phi) is 6.56. The van der Waals surface area contributed by atoms with E-state index in [-0.39, 0.29) is 10.8 Å². The zero-order chi connectivity index (χ0) is 16.7. The van der Waals surface area contributed by atoms with Gasteiger partial charge in [0, 0.05) is 25.7 Å². The summed E-state index contributed by atoms with van der Waals surface area (Å²) in [6.07, 6.45) is 4.92. The fraction of sp³-hybridized carbons (Fsp3) is 0.562. The third-order valence-corrected chi connectivity index (χ3v) is 5.38. The van der Waals surface area contributed by atoms with Gasteiger partial charge in [-0.2, -0.15) is 0 Å². The Morgan fingerprint density at radius 2 is 1.70 bits per heavy atom. The predicted molar refractivity (Wildman–Crippen MR) is 90.8 cm³/mol. The molecule has 1 aliphatic rings. The molecule has 1 amide bonds. The monoisotopic (exact) mass is 339 g/mol. The third kappa shape index (κ3) is 5.93. The molecule has 0 spiro atoms. The highest BCUT2D eigenvalue weighted by molar-refractivity contribution is 7.89. The van der Waals surface area contributed by atoms with E-state index in [0.717, 1.165) is 19.6 Å². The first kappa shape index (κ1) is 17.9. The van der Waals surface area contributed by atoms with E-state index in [1.807, 2.05) is 0 Å². The van der Waals surface area contributed by atoms with Gasteiger partial charge in [0.2, 0.25) is 15.9 Å². The van der Waals surface area contributed by atoms with Crippen LogP contribution in [0.3, 0.4) is 0 Å². The Hall–Kier alpha value is -1.44. The molecule has 1 heterocycles. The smallest absolute Gasteiger partial charge is 0.240 e. The summed E-state index contributed by atoms with van der Waals surface area (Å²) in [6, 6.07) is 6.18. The van der Waals surface area contributed by atoms with Crippen LogP contribution in [-0.4, -0.2) is 45.4 Å². The zero-order valence-electron chi connectivity index (χ0n) is 13.5. The second-order valence-electron chi connectivity index (χ2n) is 5.86. The van der Waals surface area contributed by atoms with Crippen LogP contribution >= 0.6 is 0 Å². The lowest BCUT2D eigenvalue weighted by atomic mass is 10.2. The van der Waals surface area contributed by atoms with Gasteiger partial charge in [-0.05, 0) is 50.2 Å². The summed E-state index contributed by atoms with van der Waals surface area (Å²) in [5.41, 5.74) is 0.584. The summed E-state index contributed by atoms with van der Waals surface area (Å²) < 4.78 is 27.2. The first-order valence-corrected chi connectivity index (χ1v) is 9.55. The van der Waals surface area contributed by atoms with Crippen LogP contribution in [0.1, 0.15) is 32.6 Å². The quantitative estimate of drug-likeness (QED) is 0.828. The van der Waals surface area contributed by atoms with Gasteiger partial charge in [0.15, 0.2) is 0 Å². The number of sulfonamides is 1. The molecule has 1 saturated heterocycles. The number of nitrogens with one attached hydrogen (secondary N) is 2. The number of likely N-dealkylation sites (tertiary alicyclic amines) is 1. The standard InChI is InChI=1S/C16H25N3O3S/c1-14(20)18-15-6-8-16(9-7-15)23(21,22)17-10-13-19-11-4-2-3-5-12-19/h6-9,17H,2-5,10-13H2,1H3,(H,18,20). The average molecular weight is 339 g/mol. The SMILES string of the molecule is CC(=O)Nc1ccc(S(=O)(=O)NCCN2CCCCCC2)cc1. The maximum Gasteiger partial charge on any atom is 0.240 e. The molecule has 0 atom stereocenters. The maximum atomic E-state index is 12.3. The highest BCUT2D eigenvalue weighted by Crippen LogP contribution is 2.14. The largest absolute Gasteiger partial charge is 0.326 e. The minimum atomic E-state index is -3.50. The molecule has 0 aliphatic carbocycles. The van der Waals surface area contributed by atoms with Crippen molar-refractivity contribution in [3.63, 3.8) is 0 Å². The van der Waals surface area contributed by atoms with Crippen LogP contribution in [-0.2, 0) is 14.8 Å². The van der Waals surface area contributed by atoms with E-state index in [2.05, 4.69) is 14.9 Å². The van der Waals surface area contributed by atoms with E-state index >= 15 is 0 Å². The molecule has 23 heavy (non-hydrogen) atoms. The predicted octanol–water partition coefficient (Wildman–Crippen LogP) is 1.80. The Labute approximate surface area is 138 Å². The molecule has 0 aromatic heterocycles. The summed E-state index contributed by atoms with van der Waals surface area (Å²) in [4.78, 5) is 13.5. The fourth-order valence-electron chi connectivity index (χ4n) is 2.70. The number of rotatable bonds is 6. The summed E-state index contributed by atoms with van der Waals surface area (Å²) in [7, 11) is -3.50. The van der Waals surface area contributed by atoms with Crippen molar-refractivity contribution in [2.75, 3.05) is 31.5 Å². The van der Waals surface area contributed by atoms with E-state index in [1.165, 1.54) is 44.7 Å². The van der Waals surface area contributed by atoms with Crippen molar-refractivity contribution in [1.82, 2.24) is 9.62 Å².